The number of benzene rings is 1. The fourth-order valence-electron chi connectivity index (χ4n) is 1.22. The van der Waals surface area contributed by atoms with Gasteiger partial charge in [-0.05, 0) is 18.6 Å². The number of hydrogen-bond donors (Lipinski definition) is 2. The van der Waals surface area contributed by atoms with Gasteiger partial charge in [-0.2, -0.15) is 0 Å². The van der Waals surface area contributed by atoms with E-state index in [0.29, 0.717) is 12.2 Å². The molecule has 0 heterocycles. The quantitative estimate of drug-likeness (QED) is 0.756. The summed E-state index contributed by atoms with van der Waals surface area (Å²) in [5, 5.41) is 0. The van der Waals surface area contributed by atoms with Gasteiger partial charge in [0.15, 0.2) is 0 Å². The fraction of sp³-hybridized carbons (Fsp3) is 0.400. The third kappa shape index (κ3) is 2.86. The zero-order valence-corrected chi connectivity index (χ0v) is 10.2. The monoisotopic (exact) mass is 244 g/mol. The van der Waals surface area contributed by atoms with Gasteiger partial charge in [-0.3, -0.25) is 0 Å². The van der Waals surface area contributed by atoms with Crippen LogP contribution in [-0.4, -0.2) is 22.1 Å². The molecule has 0 unspecified atom stereocenters. The van der Waals surface area contributed by atoms with E-state index in [0.717, 1.165) is 6.42 Å². The third-order valence-corrected chi connectivity index (χ3v) is 3.52. The molecular weight excluding hydrogens is 228 g/mol. The minimum atomic E-state index is -3.51. The second-order valence-electron chi connectivity index (χ2n) is 3.31. The van der Waals surface area contributed by atoms with Crippen molar-refractivity contribution in [2.75, 3.05) is 19.4 Å². The number of nitrogens with two attached hydrogens (primary N) is 1. The van der Waals surface area contributed by atoms with Gasteiger partial charge >= 0.3 is 0 Å². The van der Waals surface area contributed by atoms with Crippen molar-refractivity contribution >= 4 is 15.7 Å². The molecule has 0 fully saturated rings. The van der Waals surface area contributed by atoms with Crippen LogP contribution in [0.4, 0.5) is 5.69 Å². The number of nitrogens with one attached hydrogen (secondary N) is 1. The van der Waals surface area contributed by atoms with Gasteiger partial charge in [-0.1, -0.05) is 6.92 Å². The molecule has 0 amide bonds. The minimum absolute atomic E-state index is 0.109. The molecule has 0 aliphatic rings. The van der Waals surface area contributed by atoms with E-state index in [-0.39, 0.29) is 10.6 Å². The Labute approximate surface area is 95.7 Å². The van der Waals surface area contributed by atoms with E-state index in [9.17, 15) is 8.42 Å². The van der Waals surface area contributed by atoms with Crippen LogP contribution in [0.25, 0.3) is 0 Å². The third-order valence-electron chi connectivity index (χ3n) is 2.02. The summed E-state index contributed by atoms with van der Waals surface area (Å²) in [6.07, 6.45) is 0.733. The maximum Gasteiger partial charge on any atom is 0.244 e. The molecule has 0 saturated carbocycles. The summed E-state index contributed by atoms with van der Waals surface area (Å²) in [4.78, 5) is 0.109. The molecule has 5 nitrogen and oxygen atoms in total. The van der Waals surface area contributed by atoms with Crippen LogP contribution in [0.2, 0.25) is 0 Å². The van der Waals surface area contributed by atoms with Crippen molar-refractivity contribution in [2.45, 2.75) is 18.2 Å². The van der Waals surface area contributed by atoms with Crippen LogP contribution in [0.5, 0.6) is 5.75 Å². The summed E-state index contributed by atoms with van der Waals surface area (Å²) >= 11 is 0. The SMILES string of the molecule is CCCNS(=O)(=O)c1ccc(N)cc1OC. The Balaban J connectivity index is 3.12. The number of methoxy groups -OCH3 is 1. The molecule has 0 aromatic heterocycles. The number of nitrogen functional groups attached to an aromatic ring is 1. The Kier molecular flexibility index (Phi) is 4.14. The molecule has 90 valence electrons. The van der Waals surface area contributed by atoms with Crippen LogP contribution >= 0.6 is 0 Å². The first-order chi connectivity index (χ1) is 7.51. The molecule has 1 aromatic carbocycles. The van der Waals surface area contributed by atoms with Crippen molar-refractivity contribution in [1.82, 2.24) is 4.72 Å². The second kappa shape index (κ2) is 5.18. The molecule has 0 atom stereocenters. The second-order valence-corrected chi connectivity index (χ2v) is 5.04. The van der Waals surface area contributed by atoms with E-state index in [1.54, 1.807) is 0 Å². The summed E-state index contributed by atoms with van der Waals surface area (Å²) in [5.74, 6) is 0.253. The maximum atomic E-state index is 11.9. The van der Waals surface area contributed by atoms with E-state index in [4.69, 9.17) is 10.5 Å². The highest BCUT2D eigenvalue weighted by Crippen LogP contribution is 2.25. The molecule has 0 bridgehead atoms. The van der Waals surface area contributed by atoms with Crippen molar-refractivity contribution in [1.29, 1.82) is 0 Å². The maximum absolute atomic E-state index is 11.9. The Morgan fingerprint density at radius 3 is 2.69 bits per heavy atom. The average molecular weight is 244 g/mol. The molecule has 0 saturated heterocycles. The highest BCUT2D eigenvalue weighted by molar-refractivity contribution is 7.89. The summed E-state index contributed by atoms with van der Waals surface area (Å²) in [5.41, 5.74) is 6.02. The number of sulfonamides is 1. The van der Waals surface area contributed by atoms with E-state index < -0.39 is 10.0 Å². The lowest BCUT2D eigenvalue weighted by Crippen LogP contribution is -2.24. The zero-order valence-electron chi connectivity index (χ0n) is 9.36. The molecule has 0 radical (unpaired) electrons. The van der Waals surface area contributed by atoms with Crippen LogP contribution in [-0.2, 0) is 10.0 Å². The smallest absolute Gasteiger partial charge is 0.244 e. The van der Waals surface area contributed by atoms with Crippen molar-refractivity contribution in [3.63, 3.8) is 0 Å². The standard InChI is InChI=1S/C10H16N2O3S/c1-3-6-12-16(13,14)10-5-4-8(11)7-9(10)15-2/h4-5,7,12H,3,6,11H2,1-2H3. The Hall–Kier alpha value is -1.27. The van der Waals surface area contributed by atoms with Gasteiger partial charge in [-0.15, -0.1) is 0 Å². The van der Waals surface area contributed by atoms with Gasteiger partial charge in [0, 0.05) is 18.3 Å². The topological polar surface area (TPSA) is 81.4 Å². The molecule has 0 aliphatic heterocycles. The van der Waals surface area contributed by atoms with Crippen LogP contribution in [0, 0.1) is 0 Å². The number of hydrogen-bond acceptors (Lipinski definition) is 4. The van der Waals surface area contributed by atoms with Gasteiger partial charge in [0.2, 0.25) is 10.0 Å². The molecule has 1 aromatic rings. The van der Waals surface area contributed by atoms with Crippen molar-refractivity contribution in [3.8, 4) is 5.75 Å². The van der Waals surface area contributed by atoms with Crippen LogP contribution < -0.4 is 15.2 Å². The van der Waals surface area contributed by atoms with Crippen molar-refractivity contribution < 1.29 is 13.2 Å². The van der Waals surface area contributed by atoms with Gasteiger partial charge < -0.3 is 10.5 Å². The summed E-state index contributed by atoms with van der Waals surface area (Å²) in [7, 11) is -2.10. The summed E-state index contributed by atoms with van der Waals surface area (Å²) < 4.78 is 31.2. The van der Waals surface area contributed by atoms with Gasteiger partial charge in [0.05, 0.1) is 7.11 Å². The van der Waals surface area contributed by atoms with E-state index in [1.165, 1.54) is 25.3 Å². The summed E-state index contributed by atoms with van der Waals surface area (Å²) in [6.45, 7) is 2.29. The van der Waals surface area contributed by atoms with Crippen LogP contribution in [0.1, 0.15) is 13.3 Å². The molecule has 0 spiro atoms. The Morgan fingerprint density at radius 2 is 2.12 bits per heavy atom. The molecule has 1 rings (SSSR count). The lowest BCUT2D eigenvalue weighted by molar-refractivity contribution is 0.402. The van der Waals surface area contributed by atoms with E-state index in [2.05, 4.69) is 4.72 Å². The number of anilines is 1. The van der Waals surface area contributed by atoms with Crippen molar-refractivity contribution in [2.24, 2.45) is 0 Å². The first-order valence-corrected chi connectivity index (χ1v) is 6.42. The molecule has 16 heavy (non-hydrogen) atoms. The molecule has 6 heteroatoms. The van der Waals surface area contributed by atoms with Crippen LogP contribution in [0.15, 0.2) is 23.1 Å². The first-order valence-electron chi connectivity index (χ1n) is 4.94. The molecule has 3 N–H and O–H groups in total. The van der Waals surface area contributed by atoms with Gasteiger partial charge in [0.25, 0.3) is 0 Å². The van der Waals surface area contributed by atoms with Crippen molar-refractivity contribution in [3.05, 3.63) is 18.2 Å². The molecule has 0 aliphatic carbocycles. The molecular formula is C10H16N2O3S. The predicted molar refractivity (Wildman–Crippen MR) is 62.9 cm³/mol. The van der Waals surface area contributed by atoms with Gasteiger partial charge in [-0.25, -0.2) is 13.1 Å². The van der Waals surface area contributed by atoms with Gasteiger partial charge in [0.1, 0.15) is 10.6 Å². The number of rotatable bonds is 5. The minimum Gasteiger partial charge on any atom is -0.495 e. The lowest BCUT2D eigenvalue weighted by Gasteiger charge is -2.10. The predicted octanol–water partition coefficient (Wildman–Crippen LogP) is 0.966. The lowest BCUT2D eigenvalue weighted by atomic mass is 10.3. The summed E-state index contributed by atoms with van der Waals surface area (Å²) in [6, 6.07) is 4.45. The normalized spacial score (nSPS) is 11.4. The first kappa shape index (κ1) is 12.8. The fourth-order valence-corrected chi connectivity index (χ4v) is 2.50. The van der Waals surface area contributed by atoms with E-state index >= 15 is 0 Å². The zero-order chi connectivity index (χ0) is 12.2. The van der Waals surface area contributed by atoms with Crippen LogP contribution in [0.3, 0.4) is 0 Å². The average Bonchev–Trinajstić information content (AvgIpc) is 2.26. The highest BCUT2D eigenvalue weighted by atomic mass is 32.2. The Bertz CT molecular complexity index is 457. The highest BCUT2D eigenvalue weighted by Gasteiger charge is 2.18. The largest absolute Gasteiger partial charge is 0.495 e. The Morgan fingerprint density at radius 1 is 1.44 bits per heavy atom. The number of ether oxygens (including phenoxy) is 1. The van der Waals surface area contributed by atoms with E-state index in [1.807, 2.05) is 6.92 Å².